The molecule has 24 heavy (non-hydrogen) atoms. The highest BCUT2D eigenvalue weighted by Crippen LogP contribution is 2.09. The van der Waals surface area contributed by atoms with Crippen LogP contribution < -0.4 is 16.0 Å². The van der Waals surface area contributed by atoms with Gasteiger partial charge in [-0.05, 0) is 58.5 Å². The fraction of sp³-hybridized carbons (Fsp3) is 0.556. The minimum atomic E-state index is -0.254. The third kappa shape index (κ3) is 7.00. The van der Waals surface area contributed by atoms with Gasteiger partial charge in [0.15, 0.2) is 0 Å². The second-order valence-electron chi connectivity index (χ2n) is 6.32. The average molecular weight is 334 g/mol. The fourth-order valence-electron chi connectivity index (χ4n) is 2.11. The van der Waals surface area contributed by atoms with Crippen molar-refractivity contribution in [3.8, 4) is 0 Å². The van der Waals surface area contributed by atoms with Crippen molar-refractivity contribution in [3.05, 3.63) is 29.8 Å². The van der Waals surface area contributed by atoms with Gasteiger partial charge in [-0.2, -0.15) is 0 Å². The van der Waals surface area contributed by atoms with E-state index in [-0.39, 0.29) is 18.0 Å². The summed E-state index contributed by atoms with van der Waals surface area (Å²) in [4.78, 5) is 26.0. The van der Waals surface area contributed by atoms with Gasteiger partial charge in [-0.3, -0.25) is 4.79 Å². The number of urea groups is 1. The first-order valence-electron chi connectivity index (χ1n) is 8.49. The van der Waals surface area contributed by atoms with Gasteiger partial charge in [0.25, 0.3) is 5.91 Å². The van der Waals surface area contributed by atoms with Crippen LogP contribution in [0.2, 0.25) is 0 Å². The van der Waals surface area contributed by atoms with Gasteiger partial charge in [-0.1, -0.05) is 6.92 Å². The zero-order valence-electron chi connectivity index (χ0n) is 15.3. The van der Waals surface area contributed by atoms with Crippen LogP contribution in [0, 0.1) is 0 Å². The quantitative estimate of drug-likeness (QED) is 0.684. The number of anilines is 1. The predicted molar refractivity (Wildman–Crippen MR) is 98.4 cm³/mol. The van der Waals surface area contributed by atoms with E-state index in [4.69, 9.17) is 0 Å². The molecule has 0 aliphatic heterocycles. The Bertz CT molecular complexity index is 528. The van der Waals surface area contributed by atoms with Crippen molar-refractivity contribution in [1.29, 1.82) is 0 Å². The monoisotopic (exact) mass is 334 g/mol. The van der Waals surface area contributed by atoms with Crippen LogP contribution in [0.3, 0.4) is 0 Å². The number of hydrogen-bond acceptors (Lipinski definition) is 3. The molecular formula is C18H30N4O2. The average Bonchev–Trinajstić information content (AvgIpc) is 2.53. The van der Waals surface area contributed by atoms with Crippen LogP contribution in [-0.2, 0) is 0 Å². The van der Waals surface area contributed by atoms with E-state index in [1.54, 1.807) is 24.3 Å². The molecule has 1 aromatic rings. The Balaban J connectivity index is 2.45. The van der Waals surface area contributed by atoms with Crippen LogP contribution in [0.4, 0.5) is 10.5 Å². The molecule has 1 atom stereocenters. The van der Waals surface area contributed by atoms with Crippen LogP contribution in [-0.4, -0.2) is 49.1 Å². The number of likely N-dealkylation sites (N-methyl/N-ethyl adjacent to an activating group) is 1. The first-order valence-corrected chi connectivity index (χ1v) is 8.49. The number of carbonyl (C=O) groups excluding carboxylic acids is 2. The van der Waals surface area contributed by atoms with Gasteiger partial charge in [0.05, 0.1) is 0 Å². The Morgan fingerprint density at radius 1 is 1.12 bits per heavy atom. The number of amides is 3. The Labute approximate surface area is 145 Å². The normalized spacial score (nSPS) is 12.1. The molecule has 1 aromatic carbocycles. The van der Waals surface area contributed by atoms with Gasteiger partial charge in [-0.25, -0.2) is 4.79 Å². The molecule has 0 bridgehead atoms. The number of nitrogens with zero attached hydrogens (tertiary/aromatic N) is 1. The summed E-state index contributed by atoms with van der Waals surface area (Å²) in [6.45, 7) is 9.53. The lowest BCUT2D eigenvalue weighted by atomic mass is 10.2. The lowest BCUT2D eigenvalue weighted by Gasteiger charge is -2.23. The molecule has 0 unspecified atom stereocenters. The molecule has 0 spiro atoms. The van der Waals surface area contributed by atoms with Crippen LogP contribution in [0.15, 0.2) is 24.3 Å². The van der Waals surface area contributed by atoms with Gasteiger partial charge >= 0.3 is 6.03 Å². The lowest BCUT2D eigenvalue weighted by Crippen LogP contribution is -2.37. The molecule has 0 fully saturated rings. The van der Waals surface area contributed by atoms with E-state index in [9.17, 15) is 9.59 Å². The fourth-order valence-corrected chi connectivity index (χ4v) is 2.11. The summed E-state index contributed by atoms with van der Waals surface area (Å²) in [5, 5.41) is 8.39. The van der Waals surface area contributed by atoms with E-state index in [1.165, 1.54) is 0 Å². The maximum absolute atomic E-state index is 12.1. The summed E-state index contributed by atoms with van der Waals surface area (Å²) in [6, 6.07) is 7.18. The summed E-state index contributed by atoms with van der Waals surface area (Å²) >= 11 is 0. The number of rotatable bonds is 8. The van der Waals surface area contributed by atoms with Crippen molar-refractivity contribution in [2.75, 3.05) is 25.5 Å². The van der Waals surface area contributed by atoms with Crippen LogP contribution in [0.5, 0.6) is 0 Å². The smallest absolute Gasteiger partial charge is 0.319 e. The minimum Gasteiger partial charge on any atom is -0.351 e. The zero-order valence-corrected chi connectivity index (χ0v) is 15.3. The standard InChI is InChI=1S/C18H30N4O2/c1-6-14(4)22(5)12-11-19-17(23)15-7-9-16(10-8-15)21-18(24)20-13(2)3/h7-10,13-14H,6,11-12H2,1-5H3,(H,19,23)(H2,20,21,24)/t14-/m0/s1. The number of hydrogen-bond donors (Lipinski definition) is 3. The van der Waals surface area contributed by atoms with Gasteiger partial charge in [-0.15, -0.1) is 0 Å². The molecule has 0 saturated heterocycles. The van der Waals surface area contributed by atoms with E-state index < -0.39 is 0 Å². The van der Waals surface area contributed by atoms with Gasteiger partial charge < -0.3 is 20.9 Å². The molecular weight excluding hydrogens is 304 g/mol. The van der Waals surface area contributed by atoms with Gasteiger partial charge in [0.2, 0.25) is 0 Å². The van der Waals surface area contributed by atoms with Crippen LogP contribution >= 0.6 is 0 Å². The van der Waals surface area contributed by atoms with Gasteiger partial charge in [0, 0.05) is 36.4 Å². The number of nitrogens with one attached hydrogen (secondary N) is 3. The second kappa shape index (κ2) is 9.93. The maximum atomic E-state index is 12.1. The first-order chi connectivity index (χ1) is 11.3. The van der Waals surface area contributed by atoms with Crippen molar-refractivity contribution in [3.63, 3.8) is 0 Å². The Hall–Kier alpha value is -2.08. The summed E-state index contributed by atoms with van der Waals surface area (Å²) in [5.74, 6) is -0.106. The molecule has 3 amide bonds. The van der Waals surface area contributed by atoms with Crippen LogP contribution in [0.1, 0.15) is 44.5 Å². The number of carbonyl (C=O) groups is 2. The highest BCUT2D eigenvalue weighted by atomic mass is 16.2. The summed E-state index contributed by atoms with van der Waals surface area (Å²) in [5.41, 5.74) is 1.23. The predicted octanol–water partition coefficient (Wildman–Crippen LogP) is 2.68. The molecule has 1 rings (SSSR count). The van der Waals surface area contributed by atoms with E-state index in [0.717, 1.165) is 13.0 Å². The Kier molecular flexibility index (Phi) is 8.26. The van der Waals surface area contributed by atoms with Crippen molar-refractivity contribution >= 4 is 17.6 Å². The minimum absolute atomic E-state index is 0.0728. The molecule has 0 aliphatic rings. The molecule has 0 aliphatic carbocycles. The molecule has 134 valence electrons. The molecule has 3 N–H and O–H groups in total. The summed E-state index contributed by atoms with van der Waals surface area (Å²) < 4.78 is 0. The number of benzene rings is 1. The van der Waals surface area contributed by atoms with E-state index in [0.29, 0.717) is 23.8 Å². The van der Waals surface area contributed by atoms with Crippen molar-refractivity contribution in [2.45, 2.75) is 46.2 Å². The molecule has 6 heteroatoms. The Morgan fingerprint density at radius 3 is 2.29 bits per heavy atom. The Morgan fingerprint density at radius 2 is 1.75 bits per heavy atom. The topological polar surface area (TPSA) is 73.5 Å². The molecule has 0 saturated carbocycles. The lowest BCUT2D eigenvalue weighted by molar-refractivity contribution is 0.0947. The third-order valence-corrected chi connectivity index (χ3v) is 3.92. The molecule has 0 aromatic heterocycles. The first kappa shape index (κ1) is 20.0. The highest BCUT2D eigenvalue weighted by molar-refractivity contribution is 5.95. The van der Waals surface area contributed by atoms with Crippen LogP contribution in [0.25, 0.3) is 0 Å². The van der Waals surface area contributed by atoms with E-state index in [2.05, 4.69) is 41.7 Å². The summed E-state index contributed by atoms with van der Waals surface area (Å²) in [6.07, 6.45) is 1.09. The molecule has 6 nitrogen and oxygen atoms in total. The second-order valence-corrected chi connectivity index (χ2v) is 6.32. The maximum Gasteiger partial charge on any atom is 0.319 e. The largest absolute Gasteiger partial charge is 0.351 e. The van der Waals surface area contributed by atoms with Crippen molar-refractivity contribution in [2.24, 2.45) is 0 Å². The van der Waals surface area contributed by atoms with E-state index >= 15 is 0 Å². The van der Waals surface area contributed by atoms with Crippen molar-refractivity contribution < 1.29 is 9.59 Å². The summed E-state index contributed by atoms with van der Waals surface area (Å²) in [7, 11) is 2.06. The highest BCUT2D eigenvalue weighted by Gasteiger charge is 2.09. The third-order valence-electron chi connectivity index (χ3n) is 3.92. The zero-order chi connectivity index (χ0) is 18.1. The molecule has 0 radical (unpaired) electrons. The SMILES string of the molecule is CC[C@H](C)N(C)CCNC(=O)c1ccc(NC(=O)NC(C)C)cc1. The van der Waals surface area contributed by atoms with E-state index in [1.807, 2.05) is 13.8 Å². The molecule has 0 heterocycles. The van der Waals surface area contributed by atoms with Crippen molar-refractivity contribution in [1.82, 2.24) is 15.5 Å². The van der Waals surface area contributed by atoms with Gasteiger partial charge in [0.1, 0.15) is 0 Å².